The molecule has 0 aliphatic carbocycles. The van der Waals surface area contributed by atoms with Gasteiger partial charge in [0.1, 0.15) is 0 Å². The maximum atomic E-state index is 10.7. The van der Waals surface area contributed by atoms with E-state index in [-0.39, 0.29) is 0 Å². The average molecular weight is 264 g/mol. The minimum atomic E-state index is -5.84. The summed E-state index contributed by atoms with van der Waals surface area (Å²) in [6, 6.07) is 0. The molecule has 0 radical (unpaired) electrons. The molecule has 0 spiro atoms. The highest BCUT2D eigenvalue weighted by molar-refractivity contribution is 7.86. The predicted octanol–water partition coefficient (Wildman–Crippen LogP) is 1.03. The fraction of sp³-hybridized carbons (Fsp3) is 0.667. The number of rotatable bonds is 0. The minimum Gasteiger partial charge on any atom is -0.475 e. The normalized spacial score (nSPS) is 12.7. The highest BCUT2D eigenvalue weighted by atomic mass is 32.2. The highest BCUT2D eigenvalue weighted by Crippen LogP contribution is 2.20. The van der Waals surface area contributed by atoms with Gasteiger partial charge in [-0.05, 0) is 0 Å². The third-order valence-electron chi connectivity index (χ3n) is 0.535. The first-order valence-corrected chi connectivity index (χ1v) is 3.97. The van der Waals surface area contributed by atoms with Crippen molar-refractivity contribution in [3.63, 3.8) is 0 Å². The van der Waals surface area contributed by atoms with E-state index in [9.17, 15) is 26.3 Å². The first-order chi connectivity index (χ1) is 6.19. The molecule has 0 rings (SSSR count). The van der Waals surface area contributed by atoms with E-state index in [4.69, 9.17) is 22.9 Å². The van der Waals surface area contributed by atoms with Crippen molar-refractivity contribution >= 4 is 16.1 Å². The summed E-state index contributed by atoms with van der Waals surface area (Å²) in [5.41, 5.74) is -5.53. The van der Waals surface area contributed by atoms with Crippen molar-refractivity contribution in [3.05, 3.63) is 0 Å². The number of aliphatic carboxylic acids is 1. The van der Waals surface area contributed by atoms with Crippen molar-refractivity contribution in [1.82, 2.24) is 0 Å². The maximum absolute atomic E-state index is 10.7. The minimum absolute atomic E-state index is 2.76. The van der Waals surface area contributed by atoms with Gasteiger partial charge in [-0.2, -0.15) is 34.8 Å². The molecule has 0 bridgehead atoms. The van der Waals surface area contributed by atoms with Gasteiger partial charge in [-0.1, -0.05) is 0 Å². The standard InChI is InChI=1S/C2HF3O2.CHF3O3S/c3-2(4,5)1(6)7;2-1(3,4)8(5,6)7/h(H,6,7);(H,5,6,7). The van der Waals surface area contributed by atoms with E-state index >= 15 is 0 Å². The molecule has 0 amide bonds. The summed E-state index contributed by atoms with van der Waals surface area (Å²) in [5.74, 6) is -2.76. The van der Waals surface area contributed by atoms with E-state index in [1.54, 1.807) is 0 Å². The zero-order valence-electron chi connectivity index (χ0n) is 6.30. The summed E-state index contributed by atoms with van der Waals surface area (Å²) >= 11 is 0. The third kappa shape index (κ3) is 7.99. The first kappa shape index (κ1) is 16.4. The molecule has 5 nitrogen and oxygen atoms in total. The Balaban J connectivity index is 0. The molecule has 0 heterocycles. The van der Waals surface area contributed by atoms with Crippen molar-refractivity contribution in [2.75, 3.05) is 0 Å². The van der Waals surface area contributed by atoms with Crippen LogP contribution in [-0.2, 0) is 14.9 Å². The van der Waals surface area contributed by atoms with Crippen molar-refractivity contribution in [2.24, 2.45) is 0 Å². The van der Waals surface area contributed by atoms with Crippen LogP contribution in [0.5, 0.6) is 0 Å². The molecule has 0 saturated carbocycles. The lowest BCUT2D eigenvalue weighted by Crippen LogP contribution is -2.21. The Morgan fingerprint density at radius 1 is 1.00 bits per heavy atom. The Labute approximate surface area is 78.1 Å². The molecule has 0 aliphatic rings. The number of hydrogen-bond donors (Lipinski definition) is 2. The van der Waals surface area contributed by atoms with Crippen LogP contribution in [0.2, 0.25) is 0 Å². The summed E-state index contributed by atoms with van der Waals surface area (Å²) in [6.45, 7) is 0. The fourth-order valence-electron chi connectivity index (χ4n) is 0. The molecule has 0 saturated heterocycles. The van der Waals surface area contributed by atoms with Crippen LogP contribution in [0.4, 0.5) is 26.3 Å². The number of hydrogen-bond acceptors (Lipinski definition) is 3. The van der Waals surface area contributed by atoms with Crippen LogP contribution < -0.4 is 0 Å². The van der Waals surface area contributed by atoms with E-state index < -0.39 is 27.8 Å². The van der Waals surface area contributed by atoms with Crippen molar-refractivity contribution in [2.45, 2.75) is 11.7 Å². The van der Waals surface area contributed by atoms with Gasteiger partial charge in [0.15, 0.2) is 0 Å². The van der Waals surface area contributed by atoms with E-state index in [0.29, 0.717) is 0 Å². The Bertz CT molecular complexity index is 311. The molecule has 0 aromatic heterocycles. The van der Waals surface area contributed by atoms with Gasteiger partial charge in [0.2, 0.25) is 0 Å². The second-order valence-corrected chi connectivity index (χ2v) is 3.14. The van der Waals surface area contributed by atoms with Crippen molar-refractivity contribution < 1.29 is 49.2 Å². The predicted molar refractivity (Wildman–Crippen MR) is 31.3 cm³/mol. The molecule has 0 aliphatic heterocycles. The highest BCUT2D eigenvalue weighted by Gasteiger charge is 2.44. The second kappa shape index (κ2) is 4.65. The van der Waals surface area contributed by atoms with Crippen LogP contribution in [-0.4, -0.2) is 35.7 Å². The number of carboxylic acids is 1. The summed E-state index contributed by atoms with van der Waals surface area (Å²) in [5, 5.41) is 7.12. The molecule has 2 N–H and O–H groups in total. The van der Waals surface area contributed by atoms with E-state index in [1.165, 1.54) is 0 Å². The first-order valence-electron chi connectivity index (χ1n) is 2.53. The monoisotopic (exact) mass is 264 g/mol. The topological polar surface area (TPSA) is 91.7 Å². The smallest absolute Gasteiger partial charge is 0.475 e. The van der Waals surface area contributed by atoms with Gasteiger partial charge >= 0.3 is 27.8 Å². The lowest BCUT2D eigenvalue weighted by molar-refractivity contribution is -0.192. The molecule has 12 heteroatoms. The number of carboxylic acid groups (broad SMARTS) is 1. The molecular weight excluding hydrogens is 262 g/mol. The summed E-state index contributed by atoms with van der Waals surface area (Å²) in [6.07, 6.45) is -5.08. The quantitative estimate of drug-likeness (QED) is 0.387. The Kier molecular flexibility index (Phi) is 5.08. The van der Waals surface area contributed by atoms with Gasteiger partial charge in [0.05, 0.1) is 0 Å². The summed E-state index contributed by atoms with van der Waals surface area (Å²) in [7, 11) is -5.84. The molecular formula is C3H2F6O5S. The zero-order chi connectivity index (χ0) is 13.1. The van der Waals surface area contributed by atoms with E-state index in [2.05, 4.69) is 0 Å². The molecule has 0 atom stereocenters. The lowest BCUT2D eigenvalue weighted by Gasteiger charge is -1.97. The lowest BCUT2D eigenvalue weighted by atomic mass is 10.7. The van der Waals surface area contributed by atoms with Crippen LogP contribution >= 0.6 is 0 Å². The van der Waals surface area contributed by atoms with Crippen LogP contribution in [0.25, 0.3) is 0 Å². The molecule has 15 heavy (non-hydrogen) atoms. The number of carbonyl (C=O) groups is 1. The van der Waals surface area contributed by atoms with Crippen LogP contribution in [0.1, 0.15) is 0 Å². The third-order valence-corrected chi connectivity index (χ3v) is 1.12. The van der Waals surface area contributed by atoms with E-state index in [1.807, 2.05) is 0 Å². The van der Waals surface area contributed by atoms with Gasteiger partial charge in [-0.25, -0.2) is 4.79 Å². The van der Waals surface area contributed by atoms with Crippen LogP contribution in [0.15, 0.2) is 0 Å². The largest absolute Gasteiger partial charge is 0.522 e. The Hall–Kier alpha value is -1.04. The van der Waals surface area contributed by atoms with Gasteiger partial charge in [-0.15, -0.1) is 0 Å². The maximum Gasteiger partial charge on any atom is 0.522 e. The van der Waals surface area contributed by atoms with Gasteiger partial charge in [-0.3, -0.25) is 4.55 Å². The van der Waals surface area contributed by atoms with Gasteiger partial charge in [0.25, 0.3) is 0 Å². The molecule has 0 aromatic rings. The summed E-state index contributed by atoms with van der Waals surface area (Å²) < 4.78 is 89.3. The number of alkyl halides is 6. The van der Waals surface area contributed by atoms with E-state index in [0.717, 1.165) is 0 Å². The second-order valence-electron chi connectivity index (χ2n) is 1.72. The summed E-state index contributed by atoms with van der Waals surface area (Å²) in [4.78, 5) is 8.90. The molecule has 92 valence electrons. The SMILES string of the molecule is O=C(O)C(F)(F)F.O=S(=O)(O)C(F)(F)F. The Morgan fingerprint density at radius 2 is 1.13 bits per heavy atom. The Morgan fingerprint density at radius 3 is 1.13 bits per heavy atom. The average Bonchev–Trinajstić information content (AvgIpc) is 1.80. The van der Waals surface area contributed by atoms with Crippen molar-refractivity contribution in [3.8, 4) is 0 Å². The molecule has 0 fully saturated rings. The van der Waals surface area contributed by atoms with Crippen LogP contribution in [0, 0.1) is 0 Å². The number of halogens is 6. The molecule has 0 unspecified atom stereocenters. The zero-order valence-corrected chi connectivity index (χ0v) is 7.11. The van der Waals surface area contributed by atoms with Gasteiger partial charge in [0, 0.05) is 0 Å². The molecule has 0 aromatic carbocycles. The van der Waals surface area contributed by atoms with Crippen molar-refractivity contribution in [1.29, 1.82) is 0 Å². The van der Waals surface area contributed by atoms with Crippen LogP contribution in [0.3, 0.4) is 0 Å². The fourth-order valence-corrected chi connectivity index (χ4v) is 0. The van der Waals surface area contributed by atoms with Gasteiger partial charge < -0.3 is 5.11 Å².